The average molecular weight is 345 g/mol. The predicted molar refractivity (Wildman–Crippen MR) is 77.2 cm³/mol. The summed E-state index contributed by atoms with van der Waals surface area (Å²) in [6, 6.07) is 4.51. The van der Waals surface area contributed by atoms with Gasteiger partial charge < -0.3 is 5.11 Å². The van der Waals surface area contributed by atoms with Crippen LogP contribution in [0.4, 0.5) is 14.5 Å². The molecular formula is C13H13F2N3O4S. The van der Waals surface area contributed by atoms with Gasteiger partial charge in [-0.25, -0.2) is 17.9 Å². The number of sulfonamides is 1. The zero-order chi connectivity index (χ0) is 17.4. The predicted octanol–water partition coefficient (Wildman–Crippen LogP) is 2.39. The molecule has 1 aromatic heterocycles. The molecule has 0 aliphatic rings. The molecule has 0 bridgehead atoms. The Hall–Kier alpha value is -2.49. The first-order valence-electron chi connectivity index (χ1n) is 6.33. The number of nitrogens with zero attached hydrogens (tertiary/aromatic N) is 2. The number of hydrogen-bond acceptors (Lipinski definition) is 4. The van der Waals surface area contributed by atoms with Crippen LogP contribution in [0.15, 0.2) is 29.2 Å². The average Bonchev–Trinajstić information content (AvgIpc) is 2.75. The van der Waals surface area contributed by atoms with Crippen molar-refractivity contribution in [3.05, 3.63) is 41.2 Å². The normalized spacial score (nSPS) is 11.7. The first-order chi connectivity index (χ1) is 10.6. The first-order valence-corrected chi connectivity index (χ1v) is 7.82. The van der Waals surface area contributed by atoms with Crippen molar-refractivity contribution in [1.82, 2.24) is 9.78 Å². The molecular weight excluding hydrogens is 332 g/mol. The van der Waals surface area contributed by atoms with Crippen LogP contribution in [-0.2, 0) is 10.0 Å². The third-order valence-corrected chi connectivity index (χ3v) is 4.52. The number of carboxylic acids is 1. The van der Waals surface area contributed by atoms with E-state index in [0.717, 1.165) is 24.3 Å². The molecule has 0 amide bonds. The zero-order valence-electron chi connectivity index (χ0n) is 12.1. The van der Waals surface area contributed by atoms with Crippen molar-refractivity contribution in [3.63, 3.8) is 0 Å². The number of aromatic nitrogens is 2. The highest BCUT2D eigenvalue weighted by atomic mass is 32.2. The monoisotopic (exact) mass is 345 g/mol. The Morgan fingerprint density at radius 1 is 1.26 bits per heavy atom. The second kappa shape index (κ2) is 5.95. The number of aromatic carboxylic acids is 1. The molecule has 0 saturated carbocycles. The topological polar surface area (TPSA) is 101 Å². The number of carboxylic acid groups (broad SMARTS) is 1. The molecule has 0 aliphatic heterocycles. The van der Waals surface area contributed by atoms with E-state index in [1.165, 1.54) is 13.8 Å². The first kappa shape index (κ1) is 16.9. The largest absolute Gasteiger partial charge is 0.478 e. The van der Waals surface area contributed by atoms with Gasteiger partial charge in [-0.15, -0.1) is 0 Å². The van der Waals surface area contributed by atoms with Crippen molar-refractivity contribution in [3.8, 4) is 0 Å². The minimum absolute atomic E-state index is 0.0248. The molecule has 23 heavy (non-hydrogen) atoms. The second-order valence-electron chi connectivity index (χ2n) is 4.70. The third-order valence-electron chi connectivity index (χ3n) is 3.16. The number of alkyl halides is 2. The van der Waals surface area contributed by atoms with E-state index in [2.05, 4.69) is 9.82 Å². The van der Waals surface area contributed by atoms with Crippen molar-refractivity contribution in [2.45, 2.75) is 25.3 Å². The van der Waals surface area contributed by atoms with Crippen molar-refractivity contribution in [2.24, 2.45) is 0 Å². The number of aryl methyl sites for hydroxylation is 1. The summed E-state index contributed by atoms with van der Waals surface area (Å²) in [4.78, 5) is 10.6. The molecule has 0 saturated heterocycles. The van der Waals surface area contributed by atoms with Gasteiger partial charge in [0.25, 0.3) is 10.0 Å². The zero-order valence-corrected chi connectivity index (χ0v) is 12.9. The standard InChI is InChI=1S/C13H13F2N3O4S/c1-7-11(8(2)18(16-7)13(14)15)17-23(21,22)10-5-3-9(4-6-10)12(19)20/h3-6,13,17H,1-2H3,(H,19,20). The van der Waals surface area contributed by atoms with E-state index in [-0.39, 0.29) is 27.5 Å². The molecule has 0 atom stereocenters. The minimum atomic E-state index is -4.05. The highest BCUT2D eigenvalue weighted by Crippen LogP contribution is 2.26. The quantitative estimate of drug-likeness (QED) is 0.866. The Morgan fingerprint density at radius 2 is 1.83 bits per heavy atom. The SMILES string of the molecule is Cc1nn(C(F)F)c(C)c1NS(=O)(=O)c1ccc(C(=O)O)cc1. The minimum Gasteiger partial charge on any atom is -0.478 e. The maximum Gasteiger partial charge on any atom is 0.335 e. The number of carbonyl (C=O) groups is 1. The van der Waals surface area contributed by atoms with E-state index in [0.29, 0.717) is 4.68 Å². The van der Waals surface area contributed by atoms with E-state index in [9.17, 15) is 22.0 Å². The van der Waals surface area contributed by atoms with Gasteiger partial charge in [0.15, 0.2) is 0 Å². The molecule has 124 valence electrons. The Morgan fingerprint density at radius 3 is 2.26 bits per heavy atom. The van der Waals surface area contributed by atoms with Crippen LogP contribution in [-0.4, -0.2) is 29.3 Å². The number of nitrogens with one attached hydrogen (secondary N) is 1. The van der Waals surface area contributed by atoms with Crippen LogP contribution < -0.4 is 4.72 Å². The van der Waals surface area contributed by atoms with Crippen LogP contribution in [0.1, 0.15) is 28.3 Å². The van der Waals surface area contributed by atoms with Gasteiger partial charge in [0.2, 0.25) is 0 Å². The smallest absolute Gasteiger partial charge is 0.335 e. The molecule has 7 nitrogen and oxygen atoms in total. The molecule has 0 spiro atoms. The summed E-state index contributed by atoms with van der Waals surface area (Å²) in [7, 11) is -4.05. The van der Waals surface area contributed by atoms with E-state index >= 15 is 0 Å². The lowest BCUT2D eigenvalue weighted by molar-refractivity contribution is 0.0542. The number of anilines is 1. The second-order valence-corrected chi connectivity index (χ2v) is 6.39. The van der Waals surface area contributed by atoms with Gasteiger partial charge in [0.05, 0.1) is 27.5 Å². The Kier molecular flexibility index (Phi) is 4.37. The van der Waals surface area contributed by atoms with Crippen molar-refractivity contribution in [1.29, 1.82) is 0 Å². The summed E-state index contributed by atoms with van der Waals surface area (Å²) < 4.78 is 52.7. The van der Waals surface area contributed by atoms with E-state index < -0.39 is 22.5 Å². The highest BCUT2D eigenvalue weighted by Gasteiger charge is 2.22. The summed E-state index contributed by atoms with van der Waals surface area (Å²) >= 11 is 0. The van der Waals surface area contributed by atoms with Gasteiger partial charge in [0.1, 0.15) is 0 Å². The molecule has 2 N–H and O–H groups in total. The van der Waals surface area contributed by atoms with Crippen LogP contribution in [0.3, 0.4) is 0 Å². The number of halogens is 2. The Balaban J connectivity index is 2.37. The highest BCUT2D eigenvalue weighted by molar-refractivity contribution is 7.92. The molecule has 1 heterocycles. The lowest BCUT2D eigenvalue weighted by Crippen LogP contribution is -2.14. The van der Waals surface area contributed by atoms with Crippen LogP contribution in [0.2, 0.25) is 0 Å². The lowest BCUT2D eigenvalue weighted by atomic mass is 10.2. The van der Waals surface area contributed by atoms with Gasteiger partial charge in [-0.2, -0.15) is 13.9 Å². The van der Waals surface area contributed by atoms with Crippen LogP contribution in [0, 0.1) is 13.8 Å². The summed E-state index contributed by atoms with van der Waals surface area (Å²) in [5.41, 5.74) is -0.0220. The van der Waals surface area contributed by atoms with E-state index in [1.807, 2.05) is 0 Å². The fourth-order valence-electron chi connectivity index (χ4n) is 1.97. The van der Waals surface area contributed by atoms with Gasteiger partial charge in [-0.05, 0) is 38.1 Å². The maximum absolute atomic E-state index is 12.8. The number of hydrogen-bond donors (Lipinski definition) is 2. The summed E-state index contributed by atoms with van der Waals surface area (Å²) in [6.45, 7) is -0.170. The maximum atomic E-state index is 12.8. The van der Waals surface area contributed by atoms with Crippen LogP contribution in [0.25, 0.3) is 0 Å². The van der Waals surface area contributed by atoms with Crippen molar-refractivity contribution in [2.75, 3.05) is 4.72 Å². The summed E-state index contributed by atoms with van der Waals surface area (Å²) in [5, 5.41) is 12.4. The fourth-order valence-corrected chi connectivity index (χ4v) is 3.15. The number of rotatable bonds is 5. The number of benzene rings is 1. The van der Waals surface area contributed by atoms with E-state index in [1.54, 1.807) is 0 Å². The molecule has 2 aromatic rings. The molecule has 0 fully saturated rings. The van der Waals surface area contributed by atoms with Gasteiger partial charge in [-0.3, -0.25) is 4.72 Å². The molecule has 0 aliphatic carbocycles. The van der Waals surface area contributed by atoms with Crippen LogP contribution in [0.5, 0.6) is 0 Å². The summed E-state index contributed by atoms with van der Waals surface area (Å²) in [6.07, 6.45) is 0. The summed E-state index contributed by atoms with van der Waals surface area (Å²) in [5.74, 6) is -1.19. The molecule has 10 heteroatoms. The Labute approximate surface area is 130 Å². The fraction of sp³-hybridized carbons (Fsp3) is 0.231. The van der Waals surface area contributed by atoms with Crippen molar-refractivity contribution >= 4 is 21.7 Å². The van der Waals surface area contributed by atoms with Gasteiger partial charge in [0, 0.05) is 0 Å². The van der Waals surface area contributed by atoms with Gasteiger partial charge in [-0.1, -0.05) is 0 Å². The third kappa shape index (κ3) is 3.31. The van der Waals surface area contributed by atoms with Gasteiger partial charge >= 0.3 is 12.5 Å². The lowest BCUT2D eigenvalue weighted by Gasteiger charge is -2.09. The Bertz CT molecular complexity index is 845. The molecule has 0 unspecified atom stereocenters. The molecule has 2 rings (SSSR count). The molecule has 1 aromatic carbocycles. The molecule has 0 radical (unpaired) electrons. The van der Waals surface area contributed by atoms with Crippen LogP contribution >= 0.6 is 0 Å². The van der Waals surface area contributed by atoms with E-state index in [4.69, 9.17) is 5.11 Å². The van der Waals surface area contributed by atoms with Crippen molar-refractivity contribution < 1.29 is 27.1 Å².